The first-order valence-corrected chi connectivity index (χ1v) is 5.70. The van der Waals surface area contributed by atoms with Crippen LogP contribution in [-0.2, 0) is 11.3 Å². The molecular weight excluding hydrogens is 206 g/mol. The summed E-state index contributed by atoms with van der Waals surface area (Å²) in [5, 5.41) is 4.06. The van der Waals surface area contributed by atoms with Gasteiger partial charge in [-0.25, -0.2) is 4.79 Å². The molecule has 1 aliphatic rings. The van der Waals surface area contributed by atoms with E-state index in [1.165, 1.54) is 12.8 Å². The standard InChI is InChI=1S/C11H17N3O2/c1-2-14-7-9(12)10(13-14)11(15)16-6-5-8-3-4-8/h7-8H,2-6,12H2,1H3. The minimum atomic E-state index is -0.412. The Labute approximate surface area is 94.6 Å². The molecule has 0 amide bonds. The van der Waals surface area contributed by atoms with Gasteiger partial charge in [-0.05, 0) is 19.3 Å². The molecule has 0 radical (unpaired) electrons. The normalized spacial score (nSPS) is 15.1. The highest BCUT2D eigenvalue weighted by molar-refractivity contribution is 5.92. The van der Waals surface area contributed by atoms with E-state index in [1.807, 2.05) is 6.92 Å². The van der Waals surface area contributed by atoms with Crippen molar-refractivity contribution in [2.75, 3.05) is 12.3 Å². The summed E-state index contributed by atoms with van der Waals surface area (Å²) in [7, 11) is 0. The number of hydrogen-bond acceptors (Lipinski definition) is 4. The molecule has 0 bridgehead atoms. The van der Waals surface area contributed by atoms with Crippen LogP contribution in [0.2, 0.25) is 0 Å². The SMILES string of the molecule is CCn1cc(N)c(C(=O)OCCC2CC2)n1. The van der Waals surface area contributed by atoms with Gasteiger partial charge in [-0.1, -0.05) is 12.8 Å². The van der Waals surface area contributed by atoms with Crippen LogP contribution in [0, 0.1) is 5.92 Å². The van der Waals surface area contributed by atoms with E-state index in [0.29, 0.717) is 18.8 Å². The molecule has 5 heteroatoms. The van der Waals surface area contributed by atoms with Crippen molar-refractivity contribution in [3.05, 3.63) is 11.9 Å². The number of aryl methyl sites for hydroxylation is 1. The Morgan fingerprint density at radius 3 is 3.00 bits per heavy atom. The van der Waals surface area contributed by atoms with Gasteiger partial charge in [-0.3, -0.25) is 4.68 Å². The predicted molar refractivity (Wildman–Crippen MR) is 59.9 cm³/mol. The average Bonchev–Trinajstić information content (AvgIpc) is 3.00. The summed E-state index contributed by atoms with van der Waals surface area (Å²) in [5.41, 5.74) is 6.30. The second-order valence-corrected chi connectivity index (χ2v) is 4.16. The first-order chi connectivity index (χ1) is 7.70. The average molecular weight is 223 g/mol. The maximum Gasteiger partial charge on any atom is 0.361 e. The first-order valence-electron chi connectivity index (χ1n) is 5.70. The molecule has 1 aromatic heterocycles. The topological polar surface area (TPSA) is 70.1 Å². The largest absolute Gasteiger partial charge is 0.461 e. The Balaban J connectivity index is 1.88. The van der Waals surface area contributed by atoms with Crippen molar-refractivity contribution in [2.45, 2.75) is 32.7 Å². The van der Waals surface area contributed by atoms with Crippen LogP contribution in [0.5, 0.6) is 0 Å². The minimum absolute atomic E-state index is 0.234. The van der Waals surface area contributed by atoms with Gasteiger partial charge in [-0.2, -0.15) is 5.10 Å². The number of hydrogen-bond donors (Lipinski definition) is 1. The van der Waals surface area contributed by atoms with Crippen LogP contribution in [0.15, 0.2) is 6.20 Å². The number of carbonyl (C=O) groups is 1. The van der Waals surface area contributed by atoms with Crippen molar-refractivity contribution in [3.63, 3.8) is 0 Å². The number of nitrogens with two attached hydrogens (primary N) is 1. The lowest BCUT2D eigenvalue weighted by molar-refractivity contribution is 0.0488. The summed E-state index contributed by atoms with van der Waals surface area (Å²) >= 11 is 0. The molecule has 1 saturated carbocycles. The summed E-state index contributed by atoms with van der Waals surface area (Å²) in [6, 6.07) is 0. The Morgan fingerprint density at radius 2 is 2.44 bits per heavy atom. The zero-order valence-electron chi connectivity index (χ0n) is 9.48. The maximum atomic E-state index is 11.6. The van der Waals surface area contributed by atoms with Crippen LogP contribution in [0.25, 0.3) is 0 Å². The van der Waals surface area contributed by atoms with Gasteiger partial charge < -0.3 is 10.5 Å². The second kappa shape index (κ2) is 4.55. The summed E-state index contributed by atoms with van der Waals surface area (Å²) in [4.78, 5) is 11.6. The Hall–Kier alpha value is -1.52. The molecule has 0 saturated heterocycles. The third kappa shape index (κ3) is 2.53. The van der Waals surface area contributed by atoms with E-state index in [2.05, 4.69) is 5.10 Å². The van der Waals surface area contributed by atoms with Crippen molar-refractivity contribution in [2.24, 2.45) is 5.92 Å². The van der Waals surface area contributed by atoms with E-state index in [-0.39, 0.29) is 5.69 Å². The number of esters is 1. The van der Waals surface area contributed by atoms with Crippen LogP contribution in [0.3, 0.4) is 0 Å². The van der Waals surface area contributed by atoms with Crippen molar-refractivity contribution in [1.29, 1.82) is 0 Å². The molecular formula is C11H17N3O2. The Kier molecular flexibility index (Phi) is 3.12. The number of nitrogens with zero attached hydrogens (tertiary/aromatic N) is 2. The lowest BCUT2D eigenvalue weighted by Gasteiger charge is -2.01. The molecule has 1 fully saturated rings. The van der Waals surface area contributed by atoms with Crippen LogP contribution in [0.1, 0.15) is 36.7 Å². The minimum Gasteiger partial charge on any atom is -0.461 e. The number of carbonyl (C=O) groups excluding carboxylic acids is 1. The van der Waals surface area contributed by atoms with Gasteiger partial charge in [0.2, 0.25) is 0 Å². The third-order valence-electron chi connectivity index (χ3n) is 2.76. The molecule has 16 heavy (non-hydrogen) atoms. The molecule has 5 nitrogen and oxygen atoms in total. The summed E-state index contributed by atoms with van der Waals surface area (Å²) in [6.07, 6.45) is 5.14. The lowest BCUT2D eigenvalue weighted by atomic mass is 10.3. The van der Waals surface area contributed by atoms with E-state index < -0.39 is 5.97 Å². The lowest BCUT2D eigenvalue weighted by Crippen LogP contribution is -2.10. The van der Waals surface area contributed by atoms with Gasteiger partial charge in [0.15, 0.2) is 5.69 Å². The van der Waals surface area contributed by atoms with E-state index in [9.17, 15) is 4.79 Å². The van der Waals surface area contributed by atoms with Gasteiger partial charge in [0.05, 0.1) is 12.3 Å². The fourth-order valence-electron chi connectivity index (χ4n) is 1.55. The number of anilines is 1. The number of ether oxygens (including phenoxy) is 1. The second-order valence-electron chi connectivity index (χ2n) is 4.16. The molecule has 2 N–H and O–H groups in total. The van der Waals surface area contributed by atoms with Gasteiger partial charge in [0.25, 0.3) is 0 Å². The van der Waals surface area contributed by atoms with Crippen LogP contribution in [-0.4, -0.2) is 22.4 Å². The highest BCUT2D eigenvalue weighted by Gasteiger charge is 2.22. The van der Waals surface area contributed by atoms with E-state index in [0.717, 1.165) is 12.3 Å². The van der Waals surface area contributed by atoms with Crippen molar-refractivity contribution >= 4 is 11.7 Å². The van der Waals surface area contributed by atoms with Gasteiger partial charge in [0.1, 0.15) is 0 Å². The molecule has 88 valence electrons. The van der Waals surface area contributed by atoms with E-state index in [1.54, 1.807) is 10.9 Å². The molecule has 0 spiro atoms. The fraction of sp³-hybridized carbons (Fsp3) is 0.636. The third-order valence-corrected chi connectivity index (χ3v) is 2.76. The maximum absolute atomic E-state index is 11.6. The molecule has 0 aromatic carbocycles. The number of rotatable bonds is 5. The zero-order chi connectivity index (χ0) is 11.5. The van der Waals surface area contributed by atoms with E-state index in [4.69, 9.17) is 10.5 Å². The smallest absolute Gasteiger partial charge is 0.361 e. The fourth-order valence-corrected chi connectivity index (χ4v) is 1.55. The van der Waals surface area contributed by atoms with Gasteiger partial charge >= 0.3 is 5.97 Å². The summed E-state index contributed by atoms with van der Waals surface area (Å²) in [6.45, 7) is 3.11. The predicted octanol–water partition coefficient (Wildman–Crippen LogP) is 1.44. The first kappa shape index (κ1) is 11.0. The monoisotopic (exact) mass is 223 g/mol. The molecule has 0 atom stereocenters. The Morgan fingerprint density at radius 1 is 1.69 bits per heavy atom. The highest BCUT2D eigenvalue weighted by atomic mass is 16.5. The van der Waals surface area contributed by atoms with E-state index >= 15 is 0 Å². The van der Waals surface area contributed by atoms with Crippen LogP contribution >= 0.6 is 0 Å². The summed E-state index contributed by atoms with van der Waals surface area (Å²) < 4.78 is 6.75. The van der Waals surface area contributed by atoms with Gasteiger partial charge in [-0.15, -0.1) is 0 Å². The van der Waals surface area contributed by atoms with Crippen molar-refractivity contribution in [3.8, 4) is 0 Å². The van der Waals surface area contributed by atoms with Crippen molar-refractivity contribution < 1.29 is 9.53 Å². The number of aromatic nitrogens is 2. The van der Waals surface area contributed by atoms with Crippen LogP contribution < -0.4 is 5.73 Å². The van der Waals surface area contributed by atoms with Crippen molar-refractivity contribution in [1.82, 2.24) is 9.78 Å². The highest BCUT2D eigenvalue weighted by Crippen LogP contribution is 2.32. The summed E-state index contributed by atoms with van der Waals surface area (Å²) in [5.74, 6) is 0.351. The molecule has 1 aromatic rings. The Bertz CT molecular complexity index is 383. The number of nitrogen functional groups attached to an aromatic ring is 1. The molecule has 1 heterocycles. The van der Waals surface area contributed by atoms with Crippen LogP contribution in [0.4, 0.5) is 5.69 Å². The zero-order valence-corrected chi connectivity index (χ0v) is 9.48. The molecule has 0 aliphatic heterocycles. The molecule has 2 rings (SSSR count). The van der Waals surface area contributed by atoms with Gasteiger partial charge in [0, 0.05) is 12.7 Å². The quantitative estimate of drug-likeness (QED) is 0.767. The molecule has 0 unspecified atom stereocenters. The molecule has 1 aliphatic carbocycles.